The zero-order valence-electron chi connectivity index (χ0n) is 15.2. The SMILES string of the molecule is O=C(NCC(=O)N1CCCC(c2nnc3ccccn23)C1)c1cccc(F)c1. The first kappa shape index (κ1) is 18.1. The second-order valence-electron chi connectivity index (χ2n) is 6.86. The van der Waals surface area contributed by atoms with Crippen molar-refractivity contribution in [3.8, 4) is 0 Å². The number of benzene rings is 1. The molecule has 0 aliphatic carbocycles. The number of amides is 2. The number of fused-ring (bicyclic) bond motifs is 1. The Labute approximate surface area is 161 Å². The zero-order valence-corrected chi connectivity index (χ0v) is 15.2. The van der Waals surface area contributed by atoms with Gasteiger partial charge in [-0.05, 0) is 43.2 Å². The van der Waals surface area contributed by atoms with Crippen molar-refractivity contribution in [3.05, 3.63) is 65.9 Å². The number of halogens is 1. The Morgan fingerprint density at radius 3 is 2.93 bits per heavy atom. The fourth-order valence-electron chi connectivity index (χ4n) is 3.55. The highest BCUT2D eigenvalue weighted by Crippen LogP contribution is 2.26. The van der Waals surface area contributed by atoms with Crippen LogP contribution in [0, 0.1) is 5.82 Å². The molecule has 1 atom stereocenters. The van der Waals surface area contributed by atoms with Gasteiger partial charge in [0.25, 0.3) is 5.91 Å². The predicted molar refractivity (Wildman–Crippen MR) is 100 cm³/mol. The Morgan fingerprint density at radius 1 is 1.18 bits per heavy atom. The average molecular weight is 381 g/mol. The molecule has 0 spiro atoms. The molecule has 1 fully saturated rings. The molecule has 1 N–H and O–H groups in total. The van der Waals surface area contributed by atoms with E-state index in [1.807, 2.05) is 28.8 Å². The normalized spacial score (nSPS) is 16.9. The first-order chi connectivity index (χ1) is 13.6. The van der Waals surface area contributed by atoms with Gasteiger partial charge in [0, 0.05) is 30.8 Å². The third kappa shape index (κ3) is 3.71. The number of hydrogen-bond donors (Lipinski definition) is 1. The van der Waals surface area contributed by atoms with Gasteiger partial charge in [-0.1, -0.05) is 12.1 Å². The van der Waals surface area contributed by atoms with Gasteiger partial charge < -0.3 is 10.2 Å². The minimum atomic E-state index is -0.488. The lowest BCUT2D eigenvalue weighted by Crippen LogP contribution is -2.44. The molecule has 8 heteroatoms. The third-order valence-corrected chi connectivity index (χ3v) is 4.97. The molecule has 1 unspecified atom stereocenters. The standard InChI is InChI=1S/C20H20FN5O2/c21-16-7-3-5-14(11-16)20(28)22-12-18(27)25-9-4-6-15(13-25)19-24-23-17-8-1-2-10-26(17)19/h1-3,5,7-8,10-11,15H,4,6,9,12-13H2,(H,22,28). The van der Waals surface area contributed by atoms with Gasteiger partial charge in [0.15, 0.2) is 5.65 Å². The monoisotopic (exact) mass is 381 g/mol. The van der Waals surface area contributed by atoms with Gasteiger partial charge in [-0.15, -0.1) is 10.2 Å². The summed E-state index contributed by atoms with van der Waals surface area (Å²) < 4.78 is 15.2. The fourth-order valence-corrected chi connectivity index (χ4v) is 3.55. The number of nitrogens with zero attached hydrogens (tertiary/aromatic N) is 4. The maximum atomic E-state index is 13.2. The fraction of sp³-hybridized carbons (Fsp3) is 0.300. The highest BCUT2D eigenvalue weighted by Gasteiger charge is 2.28. The van der Waals surface area contributed by atoms with Gasteiger partial charge in [0.05, 0.1) is 6.54 Å². The summed E-state index contributed by atoms with van der Waals surface area (Å²) >= 11 is 0. The zero-order chi connectivity index (χ0) is 19.5. The van der Waals surface area contributed by atoms with E-state index in [2.05, 4.69) is 15.5 Å². The van der Waals surface area contributed by atoms with Crippen LogP contribution in [-0.4, -0.2) is 50.9 Å². The van der Waals surface area contributed by atoms with Gasteiger partial charge >= 0.3 is 0 Å². The summed E-state index contributed by atoms with van der Waals surface area (Å²) in [6.45, 7) is 1.05. The van der Waals surface area contributed by atoms with Crippen molar-refractivity contribution >= 4 is 17.5 Å². The number of piperidine rings is 1. The largest absolute Gasteiger partial charge is 0.343 e. The molecule has 28 heavy (non-hydrogen) atoms. The van der Waals surface area contributed by atoms with E-state index in [9.17, 15) is 14.0 Å². The molecule has 2 aromatic heterocycles. The lowest BCUT2D eigenvalue weighted by molar-refractivity contribution is -0.131. The summed E-state index contributed by atoms with van der Waals surface area (Å²) in [5.41, 5.74) is 0.975. The number of nitrogens with one attached hydrogen (secondary N) is 1. The van der Waals surface area contributed by atoms with Crippen LogP contribution in [0.2, 0.25) is 0 Å². The van der Waals surface area contributed by atoms with Gasteiger partial charge in [-0.2, -0.15) is 0 Å². The Balaban J connectivity index is 1.39. The van der Waals surface area contributed by atoms with Crippen LogP contribution in [0.1, 0.15) is 34.9 Å². The van der Waals surface area contributed by atoms with Crippen molar-refractivity contribution in [2.75, 3.05) is 19.6 Å². The van der Waals surface area contributed by atoms with Crippen LogP contribution in [0.15, 0.2) is 48.7 Å². The van der Waals surface area contributed by atoms with E-state index < -0.39 is 11.7 Å². The summed E-state index contributed by atoms with van der Waals surface area (Å²) in [4.78, 5) is 26.4. The second kappa shape index (κ2) is 7.75. The molecule has 0 radical (unpaired) electrons. The number of carbonyl (C=O) groups excluding carboxylic acids is 2. The maximum Gasteiger partial charge on any atom is 0.251 e. The van der Waals surface area contributed by atoms with Gasteiger partial charge in [-0.25, -0.2) is 4.39 Å². The summed E-state index contributed by atoms with van der Waals surface area (Å²) in [6, 6.07) is 11.1. The van der Waals surface area contributed by atoms with Crippen molar-refractivity contribution in [2.45, 2.75) is 18.8 Å². The van der Waals surface area contributed by atoms with Gasteiger partial charge in [0.2, 0.25) is 5.91 Å². The van der Waals surface area contributed by atoms with E-state index in [0.717, 1.165) is 30.4 Å². The van der Waals surface area contributed by atoms with Crippen LogP contribution in [-0.2, 0) is 4.79 Å². The molecule has 1 saturated heterocycles. The van der Waals surface area contributed by atoms with Crippen LogP contribution in [0.25, 0.3) is 5.65 Å². The summed E-state index contributed by atoms with van der Waals surface area (Å²) in [6.07, 6.45) is 3.70. The number of pyridine rings is 1. The Bertz CT molecular complexity index is 1020. The minimum absolute atomic E-state index is 0.0917. The molecule has 144 valence electrons. The Kier molecular flexibility index (Phi) is 5.01. The highest BCUT2D eigenvalue weighted by atomic mass is 19.1. The van der Waals surface area contributed by atoms with Gasteiger partial charge in [0.1, 0.15) is 11.6 Å². The predicted octanol–water partition coefficient (Wildman–Crippen LogP) is 2.00. The van der Waals surface area contributed by atoms with E-state index in [-0.39, 0.29) is 23.9 Å². The average Bonchev–Trinajstić information content (AvgIpc) is 3.16. The summed E-state index contributed by atoms with van der Waals surface area (Å²) in [5, 5.41) is 11.1. The molecular weight excluding hydrogens is 361 g/mol. The number of hydrogen-bond acceptors (Lipinski definition) is 4. The highest BCUT2D eigenvalue weighted by molar-refractivity contribution is 5.96. The number of likely N-dealkylation sites (tertiary alicyclic amines) is 1. The van der Waals surface area contributed by atoms with Crippen LogP contribution in [0.3, 0.4) is 0 Å². The van der Waals surface area contributed by atoms with Crippen LogP contribution in [0.5, 0.6) is 0 Å². The topological polar surface area (TPSA) is 79.6 Å². The minimum Gasteiger partial charge on any atom is -0.343 e. The van der Waals surface area contributed by atoms with E-state index in [0.29, 0.717) is 13.1 Å². The van der Waals surface area contributed by atoms with Crippen LogP contribution < -0.4 is 5.32 Å². The summed E-state index contributed by atoms with van der Waals surface area (Å²) in [5.74, 6) is -0.183. The van der Waals surface area contributed by atoms with Crippen molar-refractivity contribution in [1.29, 1.82) is 0 Å². The Morgan fingerprint density at radius 2 is 2.07 bits per heavy atom. The molecule has 1 aliphatic rings. The molecule has 0 saturated carbocycles. The lowest BCUT2D eigenvalue weighted by atomic mass is 9.97. The molecule has 3 heterocycles. The molecule has 1 aromatic carbocycles. The van der Waals surface area contributed by atoms with Crippen molar-refractivity contribution < 1.29 is 14.0 Å². The van der Waals surface area contributed by atoms with Crippen molar-refractivity contribution in [1.82, 2.24) is 24.8 Å². The van der Waals surface area contributed by atoms with Crippen LogP contribution >= 0.6 is 0 Å². The van der Waals surface area contributed by atoms with E-state index in [4.69, 9.17) is 0 Å². The van der Waals surface area contributed by atoms with E-state index >= 15 is 0 Å². The second-order valence-corrected chi connectivity index (χ2v) is 6.86. The quantitative estimate of drug-likeness (QED) is 0.750. The number of aromatic nitrogens is 3. The molecule has 7 nitrogen and oxygen atoms in total. The maximum absolute atomic E-state index is 13.2. The van der Waals surface area contributed by atoms with E-state index in [1.165, 1.54) is 18.2 Å². The molecule has 2 amide bonds. The van der Waals surface area contributed by atoms with Gasteiger partial charge in [-0.3, -0.25) is 14.0 Å². The molecule has 4 rings (SSSR count). The van der Waals surface area contributed by atoms with Crippen molar-refractivity contribution in [3.63, 3.8) is 0 Å². The number of carbonyl (C=O) groups is 2. The number of rotatable bonds is 4. The van der Waals surface area contributed by atoms with Crippen LogP contribution in [0.4, 0.5) is 4.39 Å². The molecule has 0 bridgehead atoms. The summed E-state index contributed by atoms with van der Waals surface area (Å²) in [7, 11) is 0. The van der Waals surface area contributed by atoms with Crippen molar-refractivity contribution in [2.24, 2.45) is 0 Å². The Hall–Kier alpha value is -3.29. The lowest BCUT2D eigenvalue weighted by Gasteiger charge is -2.32. The third-order valence-electron chi connectivity index (χ3n) is 4.97. The molecule has 3 aromatic rings. The van der Waals surface area contributed by atoms with E-state index in [1.54, 1.807) is 4.90 Å². The first-order valence-corrected chi connectivity index (χ1v) is 9.23. The molecular formula is C20H20FN5O2. The molecule has 1 aliphatic heterocycles. The smallest absolute Gasteiger partial charge is 0.251 e. The first-order valence-electron chi connectivity index (χ1n) is 9.23.